The van der Waals surface area contributed by atoms with Crippen molar-refractivity contribution < 1.29 is 4.42 Å². The Morgan fingerprint density at radius 1 is 0.283 bits per heavy atom. The van der Waals surface area contributed by atoms with Gasteiger partial charge in [0.15, 0.2) is 17.5 Å². The number of furan rings is 1. The number of para-hydroxylation sites is 1. The molecule has 8 aromatic carbocycles. The topological polar surface area (TPSA) is 51.8 Å². The molecule has 0 N–H and O–H groups in total. The van der Waals surface area contributed by atoms with Crippen molar-refractivity contribution >= 4 is 32.7 Å². The van der Waals surface area contributed by atoms with Crippen LogP contribution in [0.2, 0.25) is 0 Å². The molecule has 0 saturated heterocycles. The van der Waals surface area contributed by atoms with Gasteiger partial charge in [0.1, 0.15) is 11.2 Å². The molecule has 10 rings (SSSR count). The second kappa shape index (κ2) is 12.9. The van der Waals surface area contributed by atoms with Crippen molar-refractivity contribution in [3.05, 3.63) is 188 Å². The van der Waals surface area contributed by atoms with E-state index in [1.54, 1.807) is 0 Å². The molecule has 0 spiro atoms. The zero-order chi connectivity index (χ0) is 35.1. The number of hydrogen-bond acceptors (Lipinski definition) is 4. The van der Waals surface area contributed by atoms with Gasteiger partial charge in [0.05, 0.1) is 0 Å². The summed E-state index contributed by atoms with van der Waals surface area (Å²) in [5.74, 6) is 1.78. The number of rotatable bonds is 6. The second-order valence-electron chi connectivity index (χ2n) is 13.2. The highest BCUT2D eigenvalue weighted by atomic mass is 16.3. The highest BCUT2D eigenvalue weighted by molar-refractivity contribution is 6.09. The Morgan fingerprint density at radius 3 is 1.42 bits per heavy atom. The first-order chi connectivity index (χ1) is 26.2. The monoisotopic (exact) mass is 677 g/mol. The minimum atomic E-state index is 0.579. The Morgan fingerprint density at radius 2 is 0.774 bits per heavy atom. The van der Waals surface area contributed by atoms with Crippen LogP contribution in [0.4, 0.5) is 0 Å². The highest BCUT2D eigenvalue weighted by Gasteiger charge is 2.20. The molecule has 2 heterocycles. The first-order valence-electron chi connectivity index (χ1n) is 17.8. The van der Waals surface area contributed by atoms with Crippen LogP contribution >= 0.6 is 0 Å². The summed E-state index contributed by atoms with van der Waals surface area (Å²) in [7, 11) is 0. The second-order valence-corrected chi connectivity index (χ2v) is 13.2. The lowest BCUT2D eigenvalue weighted by Gasteiger charge is -2.13. The smallest absolute Gasteiger partial charge is 0.164 e. The van der Waals surface area contributed by atoms with E-state index in [1.165, 1.54) is 10.8 Å². The van der Waals surface area contributed by atoms with Crippen LogP contribution < -0.4 is 0 Å². The molecule has 0 radical (unpaired) electrons. The van der Waals surface area contributed by atoms with E-state index >= 15 is 0 Å². The van der Waals surface area contributed by atoms with Crippen LogP contribution in [0.25, 0.3) is 100 Å². The van der Waals surface area contributed by atoms with Crippen molar-refractivity contribution in [2.24, 2.45) is 0 Å². The van der Waals surface area contributed by atoms with Crippen LogP contribution in [0, 0.1) is 0 Å². The number of hydrogen-bond donors (Lipinski definition) is 0. The van der Waals surface area contributed by atoms with E-state index in [0.717, 1.165) is 72.0 Å². The molecule has 0 aliphatic rings. The fraction of sp³-hybridized carbons (Fsp3) is 0. The van der Waals surface area contributed by atoms with Crippen molar-refractivity contribution in [3.63, 3.8) is 0 Å². The van der Waals surface area contributed by atoms with Gasteiger partial charge in [-0.25, -0.2) is 15.0 Å². The molecule has 0 atom stereocenters. The molecular formula is C49H31N3O. The summed E-state index contributed by atoms with van der Waals surface area (Å²) in [6, 6.07) is 65.2. The van der Waals surface area contributed by atoms with Gasteiger partial charge < -0.3 is 4.42 Å². The molecule has 0 unspecified atom stereocenters. The number of benzene rings is 8. The van der Waals surface area contributed by atoms with Gasteiger partial charge >= 0.3 is 0 Å². The maximum absolute atomic E-state index is 6.44. The van der Waals surface area contributed by atoms with Gasteiger partial charge in [-0.3, -0.25) is 0 Å². The minimum Gasteiger partial charge on any atom is -0.456 e. The number of aromatic nitrogens is 3. The van der Waals surface area contributed by atoms with Crippen molar-refractivity contribution in [2.75, 3.05) is 0 Å². The van der Waals surface area contributed by atoms with Crippen molar-refractivity contribution in [2.45, 2.75) is 0 Å². The van der Waals surface area contributed by atoms with E-state index in [9.17, 15) is 0 Å². The third kappa shape index (κ3) is 5.73. The van der Waals surface area contributed by atoms with Crippen LogP contribution in [-0.2, 0) is 0 Å². The average molecular weight is 678 g/mol. The fourth-order valence-corrected chi connectivity index (χ4v) is 7.19. The van der Waals surface area contributed by atoms with Crippen LogP contribution in [-0.4, -0.2) is 15.0 Å². The lowest BCUT2D eigenvalue weighted by Crippen LogP contribution is -2.01. The predicted molar refractivity (Wildman–Crippen MR) is 217 cm³/mol. The average Bonchev–Trinajstić information content (AvgIpc) is 3.61. The first-order valence-corrected chi connectivity index (χ1v) is 17.8. The van der Waals surface area contributed by atoms with E-state index in [2.05, 4.69) is 164 Å². The minimum absolute atomic E-state index is 0.579. The number of nitrogens with zero attached hydrogens (tertiary/aromatic N) is 3. The molecule has 0 aliphatic carbocycles. The summed E-state index contributed by atoms with van der Waals surface area (Å²) in [4.78, 5) is 15.5. The summed E-state index contributed by atoms with van der Waals surface area (Å²) in [5, 5.41) is 4.48. The Kier molecular flexibility index (Phi) is 7.43. The zero-order valence-corrected chi connectivity index (χ0v) is 28.6. The lowest BCUT2D eigenvalue weighted by molar-refractivity contribution is 0.669. The summed E-state index contributed by atoms with van der Waals surface area (Å²) in [6.45, 7) is 0. The zero-order valence-electron chi connectivity index (χ0n) is 28.6. The van der Waals surface area contributed by atoms with Gasteiger partial charge in [0.2, 0.25) is 0 Å². The van der Waals surface area contributed by atoms with Gasteiger partial charge in [-0.05, 0) is 68.4 Å². The van der Waals surface area contributed by atoms with Crippen molar-refractivity contribution in [3.8, 4) is 67.5 Å². The Bertz CT molecular complexity index is 2810. The fourth-order valence-electron chi connectivity index (χ4n) is 7.19. The molecule has 4 nitrogen and oxygen atoms in total. The van der Waals surface area contributed by atoms with Gasteiger partial charge in [-0.2, -0.15) is 0 Å². The summed E-state index contributed by atoms with van der Waals surface area (Å²) in [6.07, 6.45) is 0. The molecule has 0 saturated carbocycles. The molecule has 0 fully saturated rings. The maximum Gasteiger partial charge on any atom is 0.164 e. The third-order valence-electron chi connectivity index (χ3n) is 9.95. The molecule has 53 heavy (non-hydrogen) atoms. The summed E-state index contributed by atoms with van der Waals surface area (Å²) in [5.41, 5.74) is 11.0. The third-order valence-corrected chi connectivity index (χ3v) is 9.95. The molecule has 0 bridgehead atoms. The standard InChI is InChI=1S/C49H31N3O/c1-3-11-32(12-4-1)35-19-24-37(25-20-35)47-50-48(38-26-21-36(22-27-38)33-13-5-2-6-14-33)52-49(51-47)44-31-46-43(41-17-9-10-18-45(41)53-46)30-42(44)40-28-23-34-15-7-8-16-39(34)29-40/h1-31H. The Balaban J connectivity index is 1.19. The first kappa shape index (κ1) is 30.6. The number of fused-ring (bicyclic) bond motifs is 4. The molecule has 248 valence electrons. The van der Waals surface area contributed by atoms with Crippen molar-refractivity contribution in [1.82, 2.24) is 15.0 Å². The van der Waals surface area contributed by atoms with Crippen LogP contribution in [0.3, 0.4) is 0 Å². The summed E-state index contributed by atoms with van der Waals surface area (Å²) >= 11 is 0. The predicted octanol–water partition coefficient (Wildman–Crippen LogP) is 12.9. The maximum atomic E-state index is 6.44. The van der Waals surface area contributed by atoms with Crippen LogP contribution in [0.1, 0.15) is 0 Å². The largest absolute Gasteiger partial charge is 0.456 e. The van der Waals surface area contributed by atoms with Crippen LogP contribution in [0.15, 0.2) is 192 Å². The van der Waals surface area contributed by atoms with Gasteiger partial charge in [0.25, 0.3) is 0 Å². The van der Waals surface area contributed by atoms with E-state index in [-0.39, 0.29) is 0 Å². The quantitative estimate of drug-likeness (QED) is 0.176. The molecule has 2 aromatic heterocycles. The SMILES string of the molecule is c1ccc(-c2ccc(-c3nc(-c4ccc(-c5ccccc5)cc4)nc(-c4cc5oc6ccccc6c5cc4-c4ccc5ccccc5c4)n3)cc2)cc1. The van der Waals surface area contributed by atoms with Gasteiger partial charge in [0, 0.05) is 27.5 Å². The van der Waals surface area contributed by atoms with Gasteiger partial charge in [-0.1, -0.05) is 164 Å². The highest BCUT2D eigenvalue weighted by Crippen LogP contribution is 2.40. The van der Waals surface area contributed by atoms with E-state index in [4.69, 9.17) is 19.4 Å². The molecule has 4 heteroatoms. The molecule has 0 aliphatic heterocycles. The molecule has 10 aromatic rings. The Hall–Kier alpha value is -7.17. The normalized spacial score (nSPS) is 11.4. The van der Waals surface area contributed by atoms with Crippen molar-refractivity contribution in [1.29, 1.82) is 0 Å². The van der Waals surface area contributed by atoms with E-state index in [1.807, 2.05) is 24.3 Å². The molecule has 0 amide bonds. The van der Waals surface area contributed by atoms with Gasteiger partial charge in [-0.15, -0.1) is 0 Å². The van der Waals surface area contributed by atoms with E-state index < -0.39 is 0 Å². The molecular weight excluding hydrogens is 647 g/mol. The van der Waals surface area contributed by atoms with E-state index in [0.29, 0.717) is 17.5 Å². The lowest BCUT2D eigenvalue weighted by atomic mass is 9.94. The van der Waals surface area contributed by atoms with Crippen LogP contribution in [0.5, 0.6) is 0 Å². The summed E-state index contributed by atoms with van der Waals surface area (Å²) < 4.78 is 6.44. The Labute approximate surface area is 306 Å².